The molecule has 0 saturated heterocycles. The van der Waals surface area contributed by atoms with Crippen LogP contribution in [-0.2, 0) is 6.42 Å². The maximum absolute atomic E-state index is 5.97. The van der Waals surface area contributed by atoms with Crippen molar-refractivity contribution in [3.05, 3.63) is 59.0 Å². The Morgan fingerprint density at radius 2 is 2.16 bits per heavy atom. The van der Waals surface area contributed by atoms with Crippen LogP contribution in [0.4, 0.5) is 0 Å². The monoisotopic (exact) mass is 273 g/mol. The van der Waals surface area contributed by atoms with Gasteiger partial charge in [0, 0.05) is 11.4 Å². The molecule has 4 nitrogen and oxygen atoms in total. The number of hydrogen-bond acceptors (Lipinski definition) is 3. The largest absolute Gasteiger partial charge is 0.495 e. The maximum atomic E-state index is 5.97. The topological polar surface area (TPSA) is 39.4 Å². The van der Waals surface area contributed by atoms with Gasteiger partial charge in [0.05, 0.1) is 13.3 Å². The summed E-state index contributed by atoms with van der Waals surface area (Å²) in [6.45, 7) is 0. The van der Waals surface area contributed by atoms with Crippen molar-refractivity contribution in [2.45, 2.75) is 6.42 Å². The lowest BCUT2D eigenvalue weighted by Gasteiger charge is -1.98. The van der Waals surface area contributed by atoms with Gasteiger partial charge in [-0.3, -0.25) is 0 Å². The first-order valence-corrected chi connectivity index (χ1v) is 6.26. The fourth-order valence-corrected chi connectivity index (χ4v) is 2.15. The van der Waals surface area contributed by atoms with E-state index in [0.29, 0.717) is 6.42 Å². The zero-order valence-electron chi connectivity index (χ0n) is 10.4. The molecule has 0 aliphatic heterocycles. The van der Waals surface area contributed by atoms with Gasteiger partial charge in [-0.2, -0.15) is 5.10 Å². The molecule has 0 amide bonds. The summed E-state index contributed by atoms with van der Waals surface area (Å²) in [7, 11) is 1.63. The highest BCUT2D eigenvalue weighted by Gasteiger charge is 2.06. The SMILES string of the molecule is COc1ccc2nc(Cc3cccc(Cl)c3)nn2c1. The lowest BCUT2D eigenvalue weighted by molar-refractivity contribution is 0.411. The standard InChI is InChI=1S/C14H12ClN3O/c1-19-12-5-6-14-16-13(17-18(14)9-12)8-10-3-2-4-11(15)7-10/h2-7,9H,8H2,1H3. The summed E-state index contributed by atoms with van der Waals surface area (Å²) in [5, 5.41) is 5.15. The van der Waals surface area contributed by atoms with Crippen molar-refractivity contribution >= 4 is 17.2 Å². The molecule has 0 fully saturated rings. The van der Waals surface area contributed by atoms with E-state index in [1.165, 1.54) is 0 Å². The smallest absolute Gasteiger partial charge is 0.156 e. The number of halogens is 1. The third kappa shape index (κ3) is 2.53. The highest BCUT2D eigenvalue weighted by molar-refractivity contribution is 6.30. The Kier molecular flexibility index (Phi) is 3.09. The molecule has 0 saturated carbocycles. The number of pyridine rings is 1. The molecule has 0 aliphatic rings. The number of hydrogen-bond donors (Lipinski definition) is 0. The van der Waals surface area contributed by atoms with Crippen molar-refractivity contribution in [3.63, 3.8) is 0 Å². The van der Waals surface area contributed by atoms with Gasteiger partial charge >= 0.3 is 0 Å². The van der Waals surface area contributed by atoms with E-state index in [9.17, 15) is 0 Å². The molecule has 0 bridgehead atoms. The number of benzene rings is 1. The summed E-state index contributed by atoms with van der Waals surface area (Å²) in [6.07, 6.45) is 2.47. The van der Waals surface area contributed by atoms with E-state index < -0.39 is 0 Å². The van der Waals surface area contributed by atoms with E-state index in [1.807, 2.05) is 42.6 Å². The summed E-state index contributed by atoms with van der Waals surface area (Å²) in [4.78, 5) is 4.47. The third-order valence-electron chi connectivity index (χ3n) is 2.83. The van der Waals surface area contributed by atoms with E-state index >= 15 is 0 Å². The highest BCUT2D eigenvalue weighted by Crippen LogP contribution is 2.15. The fraction of sp³-hybridized carbons (Fsp3) is 0.143. The van der Waals surface area contributed by atoms with Crippen LogP contribution in [0.15, 0.2) is 42.6 Å². The predicted molar refractivity (Wildman–Crippen MR) is 73.8 cm³/mol. The van der Waals surface area contributed by atoms with Gasteiger partial charge in [0.15, 0.2) is 11.5 Å². The summed E-state index contributed by atoms with van der Waals surface area (Å²) in [5.74, 6) is 1.52. The molecule has 0 spiro atoms. The molecule has 0 N–H and O–H groups in total. The second kappa shape index (κ2) is 4.90. The van der Waals surface area contributed by atoms with Gasteiger partial charge in [-0.25, -0.2) is 9.50 Å². The lowest BCUT2D eigenvalue weighted by Crippen LogP contribution is -1.92. The predicted octanol–water partition coefficient (Wildman–Crippen LogP) is 2.98. The Hall–Kier alpha value is -2.07. The highest BCUT2D eigenvalue weighted by atomic mass is 35.5. The summed E-state index contributed by atoms with van der Waals surface area (Å²) in [6, 6.07) is 11.5. The number of aromatic nitrogens is 3. The Morgan fingerprint density at radius 1 is 1.26 bits per heavy atom. The first-order chi connectivity index (χ1) is 9.24. The molecule has 2 aromatic heterocycles. The van der Waals surface area contributed by atoms with Crippen LogP contribution in [0.25, 0.3) is 5.65 Å². The van der Waals surface area contributed by atoms with Gasteiger partial charge in [-0.05, 0) is 29.8 Å². The average Bonchev–Trinajstić information content (AvgIpc) is 2.79. The van der Waals surface area contributed by atoms with Crippen LogP contribution in [0, 0.1) is 0 Å². The molecule has 3 aromatic rings. The summed E-state index contributed by atoms with van der Waals surface area (Å²) < 4.78 is 6.88. The number of nitrogens with zero attached hydrogens (tertiary/aromatic N) is 3. The second-order valence-electron chi connectivity index (χ2n) is 4.21. The zero-order valence-corrected chi connectivity index (χ0v) is 11.1. The summed E-state index contributed by atoms with van der Waals surface area (Å²) >= 11 is 5.97. The van der Waals surface area contributed by atoms with Gasteiger partial charge < -0.3 is 4.74 Å². The van der Waals surface area contributed by atoms with Gasteiger partial charge in [0.1, 0.15) is 5.75 Å². The van der Waals surface area contributed by atoms with E-state index in [0.717, 1.165) is 27.8 Å². The van der Waals surface area contributed by atoms with Crippen molar-refractivity contribution in [1.29, 1.82) is 0 Å². The molecule has 5 heteroatoms. The maximum Gasteiger partial charge on any atom is 0.156 e. The normalized spacial score (nSPS) is 10.8. The molecular formula is C14H12ClN3O. The molecule has 0 unspecified atom stereocenters. The molecule has 0 atom stereocenters. The Bertz CT molecular complexity index is 724. The lowest BCUT2D eigenvalue weighted by atomic mass is 10.1. The van der Waals surface area contributed by atoms with E-state index in [1.54, 1.807) is 11.6 Å². The zero-order chi connectivity index (χ0) is 13.2. The fourth-order valence-electron chi connectivity index (χ4n) is 1.94. The van der Waals surface area contributed by atoms with E-state index in [-0.39, 0.29) is 0 Å². The molecule has 2 heterocycles. The van der Waals surface area contributed by atoms with E-state index in [4.69, 9.17) is 16.3 Å². The van der Waals surface area contributed by atoms with Crippen LogP contribution in [0.5, 0.6) is 5.75 Å². The molecular weight excluding hydrogens is 262 g/mol. The molecule has 1 aromatic carbocycles. The van der Waals surface area contributed by atoms with Crippen LogP contribution in [-0.4, -0.2) is 21.7 Å². The second-order valence-corrected chi connectivity index (χ2v) is 4.64. The van der Waals surface area contributed by atoms with Crippen LogP contribution in [0.1, 0.15) is 11.4 Å². The molecule has 19 heavy (non-hydrogen) atoms. The molecule has 3 rings (SSSR count). The molecule has 0 aliphatic carbocycles. The van der Waals surface area contributed by atoms with E-state index in [2.05, 4.69) is 10.1 Å². The van der Waals surface area contributed by atoms with Crippen LogP contribution >= 0.6 is 11.6 Å². The minimum atomic E-state index is 0.657. The van der Waals surface area contributed by atoms with Crippen molar-refractivity contribution < 1.29 is 4.74 Å². The quantitative estimate of drug-likeness (QED) is 0.736. The van der Waals surface area contributed by atoms with Crippen molar-refractivity contribution in [3.8, 4) is 5.75 Å². The number of rotatable bonds is 3. The molecule has 96 valence electrons. The first-order valence-electron chi connectivity index (χ1n) is 5.88. The van der Waals surface area contributed by atoms with Crippen LogP contribution in [0.3, 0.4) is 0 Å². The molecule has 0 radical (unpaired) electrons. The number of fused-ring (bicyclic) bond motifs is 1. The van der Waals surface area contributed by atoms with Crippen molar-refractivity contribution in [2.24, 2.45) is 0 Å². The van der Waals surface area contributed by atoms with Gasteiger partial charge in [0.2, 0.25) is 0 Å². The third-order valence-corrected chi connectivity index (χ3v) is 3.07. The number of ether oxygens (including phenoxy) is 1. The van der Waals surface area contributed by atoms with Crippen LogP contribution < -0.4 is 4.74 Å². The van der Waals surface area contributed by atoms with Gasteiger partial charge in [0.25, 0.3) is 0 Å². The minimum Gasteiger partial charge on any atom is -0.495 e. The summed E-state index contributed by atoms with van der Waals surface area (Å²) in [5.41, 5.74) is 1.90. The Morgan fingerprint density at radius 3 is 2.95 bits per heavy atom. The average molecular weight is 274 g/mol. The van der Waals surface area contributed by atoms with Crippen LogP contribution in [0.2, 0.25) is 5.02 Å². The van der Waals surface area contributed by atoms with Gasteiger partial charge in [-0.1, -0.05) is 23.7 Å². The Labute approximate surface area is 115 Å². The first kappa shape index (κ1) is 12.0. The van der Waals surface area contributed by atoms with Crippen molar-refractivity contribution in [2.75, 3.05) is 7.11 Å². The minimum absolute atomic E-state index is 0.657. The number of methoxy groups -OCH3 is 1. The van der Waals surface area contributed by atoms with Gasteiger partial charge in [-0.15, -0.1) is 0 Å². The van der Waals surface area contributed by atoms with Crippen molar-refractivity contribution in [1.82, 2.24) is 14.6 Å². The Balaban J connectivity index is 1.93.